The molecule has 0 saturated heterocycles. The molecule has 1 aliphatic rings. The summed E-state index contributed by atoms with van der Waals surface area (Å²) in [7, 11) is 0. The Morgan fingerprint density at radius 2 is 2.03 bits per heavy atom. The number of aromatic nitrogens is 1. The van der Waals surface area contributed by atoms with Crippen LogP contribution in [0.4, 0.5) is 4.39 Å². The van der Waals surface area contributed by atoms with Gasteiger partial charge in [-0.05, 0) is 62.4 Å². The van der Waals surface area contributed by atoms with E-state index in [-0.39, 0.29) is 17.8 Å². The highest BCUT2D eigenvalue weighted by Crippen LogP contribution is 2.26. The molecule has 152 valence electrons. The van der Waals surface area contributed by atoms with Gasteiger partial charge in [-0.1, -0.05) is 30.3 Å². The van der Waals surface area contributed by atoms with Gasteiger partial charge in [0.2, 0.25) is 0 Å². The molecule has 1 unspecified atom stereocenters. The molecule has 1 saturated carbocycles. The third kappa shape index (κ3) is 4.51. The van der Waals surface area contributed by atoms with Crippen molar-refractivity contribution < 1.29 is 9.18 Å². The van der Waals surface area contributed by atoms with Gasteiger partial charge in [-0.25, -0.2) is 4.39 Å². The van der Waals surface area contributed by atoms with Crippen molar-refractivity contribution in [1.82, 2.24) is 15.2 Å². The molecule has 1 aliphatic carbocycles. The van der Waals surface area contributed by atoms with Crippen molar-refractivity contribution in [1.29, 1.82) is 0 Å². The summed E-state index contributed by atoms with van der Waals surface area (Å²) in [6, 6.07) is 17.2. The van der Waals surface area contributed by atoms with Crippen LogP contribution < -0.4 is 5.32 Å². The second kappa shape index (κ2) is 8.78. The number of benzene rings is 2. The third-order valence-corrected chi connectivity index (χ3v) is 5.93. The van der Waals surface area contributed by atoms with E-state index in [1.54, 1.807) is 12.1 Å². The average Bonchev–Trinajstić information content (AvgIpc) is 3.17. The fourth-order valence-electron chi connectivity index (χ4n) is 4.45. The van der Waals surface area contributed by atoms with E-state index in [2.05, 4.69) is 10.3 Å². The first-order chi connectivity index (χ1) is 14.1. The monoisotopic (exact) mass is 393 g/mol. The fraction of sp³-hybridized carbons (Fsp3) is 0.375. The molecule has 2 N–H and O–H groups in total. The van der Waals surface area contributed by atoms with Crippen molar-refractivity contribution in [3.63, 3.8) is 0 Å². The number of carbonyl (C=O) groups is 1. The maximum Gasteiger partial charge on any atom is 0.270 e. The van der Waals surface area contributed by atoms with Crippen molar-refractivity contribution in [2.45, 2.75) is 51.2 Å². The molecule has 1 amide bonds. The van der Waals surface area contributed by atoms with Gasteiger partial charge >= 0.3 is 0 Å². The molecular formula is C24H28FN3O. The van der Waals surface area contributed by atoms with Crippen molar-refractivity contribution in [3.05, 3.63) is 71.7 Å². The number of nitrogens with zero attached hydrogens (tertiary/aromatic N) is 1. The highest BCUT2D eigenvalue weighted by atomic mass is 19.1. The van der Waals surface area contributed by atoms with Gasteiger partial charge in [-0.3, -0.25) is 4.79 Å². The van der Waals surface area contributed by atoms with E-state index in [1.165, 1.54) is 6.07 Å². The molecule has 2 atom stereocenters. The van der Waals surface area contributed by atoms with Crippen LogP contribution in [0.1, 0.15) is 48.7 Å². The molecule has 1 fully saturated rings. The summed E-state index contributed by atoms with van der Waals surface area (Å²) >= 11 is 0. The van der Waals surface area contributed by atoms with Crippen LogP contribution in [0, 0.1) is 5.82 Å². The lowest BCUT2D eigenvalue weighted by Crippen LogP contribution is -2.46. The SMILES string of the molecule is CCN(C(=O)c1cc2ccccc2[nH]1)C1CCC[C@H](NCc2cccc(F)c2)C1. The van der Waals surface area contributed by atoms with Crippen molar-refractivity contribution in [2.75, 3.05) is 6.54 Å². The zero-order valence-electron chi connectivity index (χ0n) is 16.8. The minimum absolute atomic E-state index is 0.0690. The second-order valence-electron chi connectivity index (χ2n) is 7.89. The van der Waals surface area contributed by atoms with E-state index < -0.39 is 0 Å². The summed E-state index contributed by atoms with van der Waals surface area (Å²) < 4.78 is 13.4. The minimum Gasteiger partial charge on any atom is -0.351 e. The minimum atomic E-state index is -0.202. The van der Waals surface area contributed by atoms with E-state index in [9.17, 15) is 9.18 Å². The van der Waals surface area contributed by atoms with Gasteiger partial charge in [0.25, 0.3) is 5.91 Å². The van der Waals surface area contributed by atoms with E-state index in [1.807, 2.05) is 48.2 Å². The first-order valence-corrected chi connectivity index (χ1v) is 10.5. The second-order valence-corrected chi connectivity index (χ2v) is 7.89. The fourth-order valence-corrected chi connectivity index (χ4v) is 4.45. The molecule has 0 bridgehead atoms. The number of carbonyl (C=O) groups excluding carboxylic acids is 1. The topological polar surface area (TPSA) is 48.1 Å². The number of halogens is 1. The molecule has 0 radical (unpaired) electrons. The molecule has 4 nitrogen and oxygen atoms in total. The lowest BCUT2D eigenvalue weighted by molar-refractivity contribution is 0.0623. The Bertz CT molecular complexity index is 950. The van der Waals surface area contributed by atoms with Crippen LogP contribution in [0.5, 0.6) is 0 Å². The molecule has 5 heteroatoms. The van der Waals surface area contributed by atoms with Gasteiger partial charge in [-0.2, -0.15) is 0 Å². The summed E-state index contributed by atoms with van der Waals surface area (Å²) in [4.78, 5) is 18.5. The van der Waals surface area contributed by atoms with Gasteiger partial charge < -0.3 is 15.2 Å². The number of amides is 1. The molecule has 2 aromatic carbocycles. The molecule has 29 heavy (non-hydrogen) atoms. The predicted octanol–water partition coefficient (Wildman–Crippen LogP) is 4.87. The summed E-state index contributed by atoms with van der Waals surface area (Å²) in [5.41, 5.74) is 2.60. The van der Waals surface area contributed by atoms with E-state index in [0.717, 1.165) is 42.1 Å². The highest BCUT2D eigenvalue weighted by molar-refractivity contribution is 5.98. The standard InChI is InChI=1S/C24H28FN3O/c1-2-28(24(29)23-14-18-8-3-4-12-22(18)27-23)21-11-6-10-20(15-21)26-16-17-7-5-9-19(25)13-17/h3-5,7-9,12-14,20-21,26-27H,2,6,10-11,15-16H2,1H3/t20-,21?/m0/s1. The molecular weight excluding hydrogens is 365 g/mol. The Hall–Kier alpha value is -2.66. The summed E-state index contributed by atoms with van der Waals surface area (Å²) in [6.45, 7) is 3.39. The molecule has 1 aromatic heterocycles. The van der Waals surface area contributed by atoms with Crippen LogP contribution >= 0.6 is 0 Å². The highest BCUT2D eigenvalue weighted by Gasteiger charge is 2.29. The Kier molecular flexibility index (Phi) is 5.95. The van der Waals surface area contributed by atoms with Crippen LogP contribution in [0.15, 0.2) is 54.6 Å². The van der Waals surface area contributed by atoms with Gasteiger partial charge in [-0.15, -0.1) is 0 Å². The van der Waals surface area contributed by atoms with Crippen molar-refractivity contribution in [3.8, 4) is 0 Å². The largest absolute Gasteiger partial charge is 0.351 e. The summed E-state index contributed by atoms with van der Waals surface area (Å²) in [5.74, 6) is -0.133. The van der Waals surface area contributed by atoms with Crippen LogP contribution in [-0.2, 0) is 6.54 Å². The van der Waals surface area contributed by atoms with E-state index in [0.29, 0.717) is 24.8 Å². The number of rotatable bonds is 6. The average molecular weight is 394 g/mol. The summed E-state index contributed by atoms with van der Waals surface area (Å²) in [5, 5.41) is 4.62. The third-order valence-electron chi connectivity index (χ3n) is 5.93. The molecule has 0 spiro atoms. The van der Waals surface area contributed by atoms with Gasteiger partial charge in [0.05, 0.1) is 0 Å². The lowest BCUT2D eigenvalue weighted by atomic mass is 9.89. The number of hydrogen-bond donors (Lipinski definition) is 2. The quantitative estimate of drug-likeness (QED) is 0.628. The first kappa shape index (κ1) is 19.6. The first-order valence-electron chi connectivity index (χ1n) is 10.5. The normalized spacial score (nSPS) is 19.4. The van der Waals surface area contributed by atoms with Crippen LogP contribution in [0.3, 0.4) is 0 Å². The number of H-pyrrole nitrogens is 1. The van der Waals surface area contributed by atoms with Crippen LogP contribution in [0.25, 0.3) is 10.9 Å². The van der Waals surface area contributed by atoms with Crippen molar-refractivity contribution >= 4 is 16.8 Å². The number of para-hydroxylation sites is 1. The number of hydrogen-bond acceptors (Lipinski definition) is 2. The van der Waals surface area contributed by atoms with Crippen LogP contribution in [0.2, 0.25) is 0 Å². The zero-order valence-corrected chi connectivity index (χ0v) is 16.8. The van der Waals surface area contributed by atoms with Crippen molar-refractivity contribution in [2.24, 2.45) is 0 Å². The molecule has 1 heterocycles. The molecule has 0 aliphatic heterocycles. The van der Waals surface area contributed by atoms with Gasteiger partial charge in [0, 0.05) is 36.1 Å². The molecule has 4 rings (SSSR count). The zero-order chi connectivity index (χ0) is 20.2. The lowest BCUT2D eigenvalue weighted by Gasteiger charge is -2.37. The van der Waals surface area contributed by atoms with Crippen LogP contribution in [-0.4, -0.2) is 34.4 Å². The Balaban J connectivity index is 1.42. The number of nitrogens with one attached hydrogen (secondary N) is 2. The Morgan fingerprint density at radius 1 is 1.17 bits per heavy atom. The summed E-state index contributed by atoms with van der Waals surface area (Å²) in [6.07, 6.45) is 4.12. The predicted molar refractivity (Wildman–Crippen MR) is 114 cm³/mol. The van der Waals surface area contributed by atoms with Gasteiger partial charge in [0.15, 0.2) is 0 Å². The van der Waals surface area contributed by atoms with Gasteiger partial charge in [0.1, 0.15) is 11.5 Å². The van der Waals surface area contributed by atoms with E-state index in [4.69, 9.17) is 0 Å². The number of aromatic amines is 1. The maximum atomic E-state index is 13.4. The Labute approximate surface area is 171 Å². The smallest absolute Gasteiger partial charge is 0.270 e. The Morgan fingerprint density at radius 3 is 2.83 bits per heavy atom. The van der Waals surface area contributed by atoms with E-state index >= 15 is 0 Å². The maximum absolute atomic E-state index is 13.4. The number of fused-ring (bicyclic) bond motifs is 1. The molecule has 3 aromatic rings.